The lowest BCUT2D eigenvalue weighted by molar-refractivity contribution is 0.116. The molecule has 6 nitrogen and oxygen atoms in total. The minimum Gasteiger partial charge on any atom is -0.392 e. The normalized spacial score (nSPS) is 12.9. The molecule has 0 saturated carbocycles. The average Bonchev–Trinajstić information content (AvgIpc) is 2.78. The van der Waals surface area contributed by atoms with E-state index in [1.54, 1.807) is 18.6 Å². The number of nitrogens with zero attached hydrogens (tertiary/aromatic N) is 4. The van der Waals surface area contributed by atoms with E-state index in [0.717, 1.165) is 0 Å². The number of aliphatic hydroxyl groups is 1. The molecule has 0 aromatic carbocycles. The molecule has 0 saturated heterocycles. The molecule has 6 heteroatoms. The molecule has 0 spiro atoms. The summed E-state index contributed by atoms with van der Waals surface area (Å²) in [6.07, 6.45) is 4.57. The van der Waals surface area contributed by atoms with E-state index in [-0.39, 0.29) is 5.92 Å². The molecule has 17 heavy (non-hydrogen) atoms. The maximum Gasteiger partial charge on any atom is 0.229 e. The molecule has 0 amide bonds. The lowest BCUT2D eigenvalue weighted by atomic mass is 10.0. The first-order valence-corrected chi connectivity index (χ1v) is 5.44. The Labute approximate surface area is 98.7 Å². The summed E-state index contributed by atoms with van der Waals surface area (Å²) in [5.74, 6) is 0.956. The van der Waals surface area contributed by atoms with Crippen molar-refractivity contribution in [3.8, 4) is 11.5 Å². The fourth-order valence-electron chi connectivity index (χ4n) is 1.27. The number of hydrogen-bond acceptors (Lipinski definition) is 6. The van der Waals surface area contributed by atoms with E-state index >= 15 is 0 Å². The quantitative estimate of drug-likeness (QED) is 0.852. The van der Waals surface area contributed by atoms with E-state index in [0.29, 0.717) is 23.8 Å². The van der Waals surface area contributed by atoms with Gasteiger partial charge in [0.15, 0.2) is 0 Å². The van der Waals surface area contributed by atoms with Crippen LogP contribution in [-0.2, 0) is 6.42 Å². The van der Waals surface area contributed by atoms with Gasteiger partial charge in [-0.15, -0.1) is 0 Å². The molecular formula is C11H14N4O2. The van der Waals surface area contributed by atoms with Crippen LogP contribution in [0, 0.1) is 5.92 Å². The predicted octanol–water partition coefficient (Wildman–Crippen LogP) is 1.09. The minimum absolute atomic E-state index is 0.155. The first kappa shape index (κ1) is 11.7. The summed E-state index contributed by atoms with van der Waals surface area (Å²) in [4.78, 5) is 12.2. The molecule has 0 radical (unpaired) electrons. The van der Waals surface area contributed by atoms with Crippen molar-refractivity contribution in [2.24, 2.45) is 5.92 Å². The van der Waals surface area contributed by atoms with E-state index in [1.807, 2.05) is 13.8 Å². The van der Waals surface area contributed by atoms with Gasteiger partial charge in [0, 0.05) is 12.4 Å². The number of aliphatic hydroxyl groups excluding tert-OH is 1. The fraction of sp³-hybridized carbons (Fsp3) is 0.455. The smallest absolute Gasteiger partial charge is 0.229 e. The van der Waals surface area contributed by atoms with Gasteiger partial charge in [-0.25, -0.2) is 4.98 Å². The van der Waals surface area contributed by atoms with Crippen LogP contribution >= 0.6 is 0 Å². The van der Waals surface area contributed by atoms with Crippen molar-refractivity contribution in [1.82, 2.24) is 20.1 Å². The van der Waals surface area contributed by atoms with Gasteiger partial charge < -0.3 is 9.63 Å². The van der Waals surface area contributed by atoms with E-state index in [1.165, 1.54) is 0 Å². The Kier molecular flexibility index (Phi) is 3.43. The average molecular weight is 234 g/mol. The van der Waals surface area contributed by atoms with E-state index < -0.39 is 6.10 Å². The summed E-state index contributed by atoms with van der Waals surface area (Å²) >= 11 is 0. The van der Waals surface area contributed by atoms with Gasteiger partial charge in [0.2, 0.25) is 11.7 Å². The molecule has 0 bridgehead atoms. The van der Waals surface area contributed by atoms with Crippen molar-refractivity contribution >= 4 is 0 Å². The van der Waals surface area contributed by atoms with Crippen molar-refractivity contribution in [2.75, 3.05) is 0 Å². The molecule has 0 fully saturated rings. The minimum atomic E-state index is -0.481. The standard InChI is InChI=1S/C11H14N4O2/c1-7(2)9(16)5-10-14-11(15-17-10)8-6-12-3-4-13-8/h3-4,6-7,9,16H,5H2,1-2H3. The van der Waals surface area contributed by atoms with Gasteiger partial charge in [0.05, 0.1) is 18.7 Å². The van der Waals surface area contributed by atoms with Crippen LogP contribution in [0.1, 0.15) is 19.7 Å². The molecule has 2 aromatic rings. The topological polar surface area (TPSA) is 84.9 Å². The second-order valence-corrected chi connectivity index (χ2v) is 4.12. The molecule has 0 aliphatic rings. The Morgan fingerprint density at radius 2 is 2.18 bits per heavy atom. The highest BCUT2D eigenvalue weighted by atomic mass is 16.5. The number of rotatable bonds is 4. The lowest BCUT2D eigenvalue weighted by Gasteiger charge is -2.10. The van der Waals surface area contributed by atoms with Crippen molar-refractivity contribution < 1.29 is 9.63 Å². The van der Waals surface area contributed by atoms with Gasteiger partial charge in [-0.3, -0.25) is 4.98 Å². The second-order valence-electron chi connectivity index (χ2n) is 4.12. The van der Waals surface area contributed by atoms with Crippen molar-refractivity contribution in [1.29, 1.82) is 0 Å². The molecule has 2 heterocycles. The molecular weight excluding hydrogens is 220 g/mol. The molecule has 2 rings (SSSR count). The van der Waals surface area contributed by atoms with Gasteiger partial charge in [0.1, 0.15) is 5.69 Å². The van der Waals surface area contributed by atoms with Gasteiger partial charge in [-0.05, 0) is 5.92 Å². The monoisotopic (exact) mass is 234 g/mol. The summed E-state index contributed by atoms with van der Waals surface area (Å²) in [6, 6.07) is 0. The molecule has 1 unspecified atom stereocenters. The fourth-order valence-corrected chi connectivity index (χ4v) is 1.27. The molecule has 90 valence electrons. The maximum absolute atomic E-state index is 9.70. The molecule has 1 N–H and O–H groups in total. The predicted molar refractivity (Wildman–Crippen MR) is 59.9 cm³/mol. The Bertz CT molecular complexity index is 469. The van der Waals surface area contributed by atoms with Crippen LogP contribution in [0.2, 0.25) is 0 Å². The SMILES string of the molecule is CC(C)C(O)Cc1nc(-c2cnccn2)no1. The van der Waals surface area contributed by atoms with Gasteiger partial charge in [0.25, 0.3) is 0 Å². The third-order valence-electron chi connectivity index (χ3n) is 2.41. The maximum atomic E-state index is 9.70. The van der Waals surface area contributed by atoms with Crippen LogP contribution in [0.3, 0.4) is 0 Å². The summed E-state index contributed by atoms with van der Waals surface area (Å²) in [6.45, 7) is 3.87. The summed E-state index contributed by atoms with van der Waals surface area (Å²) < 4.78 is 5.05. The summed E-state index contributed by atoms with van der Waals surface area (Å²) in [5, 5.41) is 13.5. The molecule has 0 aliphatic carbocycles. The first-order valence-electron chi connectivity index (χ1n) is 5.44. The third-order valence-corrected chi connectivity index (χ3v) is 2.41. The highest BCUT2D eigenvalue weighted by molar-refractivity contribution is 5.45. The van der Waals surface area contributed by atoms with Crippen LogP contribution in [0.25, 0.3) is 11.5 Å². The zero-order valence-corrected chi connectivity index (χ0v) is 9.74. The van der Waals surface area contributed by atoms with Crippen molar-refractivity contribution in [3.63, 3.8) is 0 Å². The van der Waals surface area contributed by atoms with Crippen LogP contribution in [0.5, 0.6) is 0 Å². The first-order chi connectivity index (χ1) is 8.16. The Morgan fingerprint density at radius 3 is 2.82 bits per heavy atom. The van der Waals surface area contributed by atoms with Crippen LogP contribution in [0.15, 0.2) is 23.1 Å². The third kappa shape index (κ3) is 2.85. The Hall–Kier alpha value is -1.82. The largest absolute Gasteiger partial charge is 0.392 e. The zero-order valence-electron chi connectivity index (χ0n) is 9.74. The van der Waals surface area contributed by atoms with Crippen molar-refractivity contribution in [3.05, 3.63) is 24.5 Å². The van der Waals surface area contributed by atoms with Gasteiger partial charge in [-0.2, -0.15) is 4.98 Å². The Morgan fingerprint density at radius 1 is 1.35 bits per heavy atom. The van der Waals surface area contributed by atoms with Gasteiger partial charge in [-0.1, -0.05) is 19.0 Å². The van der Waals surface area contributed by atoms with E-state index in [4.69, 9.17) is 4.52 Å². The molecule has 2 aromatic heterocycles. The van der Waals surface area contributed by atoms with Crippen LogP contribution < -0.4 is 0 Å². The highest BCUT2D eigenvalue weighted by Gasteiger charge is 2.16. The zero-order chi connectivity index (χ0) is 12.3. The highest BCUT2D eigenvalue weighted by Crippen LogP contribution is 2.13. The number of hydrogen-bond donors (Lipinski definition) is 1. The molecule has 1 atom stereocenters. The van der Waals surface area contributed by atoms with Gasteiger partial charge >= 0.3 is 0 Å². The van der Waals surface area contributed by atoms with E-state index in [9.17, 15) is 5.11 Å². The van der Waals surface area contributed by atoms with E-state index in [2.05, 4.69) is 20.1 Å². The lowest BCUT2D eigenvalue weighted by Crippen LogP contribution is -2.17. The summed E-state index contributed by atoms with van der Waals surface area (Å²) in [5.41, 5.74) is 0.557. The van der Waals surface area contributed by atoms with Crippen LogP contribution in [0.4, 0.5) is 0 Å². The Balaban J connectivity index is 2.12. The number of aromatic nitrogens is 4. The molecule has 0 aliphatic heterocycles. The second kappa shape index (κ2) is 5.01. The van der Waals surface area contributed by atoms with Crippen LogP contribution in [-0.4, -0.2) is 31.3 Å². The summed E-state index contributed by atoms with van der Waals surface area (Å²) in [7, 11) is 0. The van der Waals surface area contributed by atoms with Crippen molar-refractivity contribution in [2.45, 2.75) is 26.4 Å².